The molecule has 0 amide bonds. The van der Waals surface area contributed by atoms with Crippen molar-refractivity contribution >= 4 is 7.60 Å². The van der Waals surface area contributed by atoms with Crippen molar-refractivity contribution in [1.82, 2.24) is 9.55 Å². The van der Waals surface area contributed by atoms with Crippen molar-refractivity contribution in [3.8, 4) is 0 Å². The molecule has 1 rings (SSSR count). The third-order valence-electron chi connectivity index (χ3n) is 2.36. The topological polar surface area (TPSA) is 133 Å². The first-order valence-corrected chi connectivity index (χ1v) is 7.10. The maximum absolute atomic E-state index is 11.4. The predicted octanol–water partition coefficient (Wildman–Crippen LogP) is -0.713. The molecule has 0 saturated carbocycles. The summed E-state index contributed by atoms with van der Waals surface area (Å²) in [5, 5.41) is 9.47. The van der Waals surface area contributed by atoms with Gasteiger partial charge in [-0.1, -0.05) is 0 Å². The van der Waals surface area contributed by atoms with Gasteiger partial charge in [-0.2, -0.15) is 0 Å². The molecule has 8 nitrogen and oxygen atoms in total. The van der Waals surface area contributed by atoms with Gasteiger partial charge >= 0.3 is 13.3 Å². The maximum Gasteiger partial charge on any atom is 0.348 e. The molecule has 1 atom stereocenters. The number of aromatic nitrogens is 2. The van der Waals surface area contributed by atoms with E-state index in [1.807, 2.05) is 0 Å². The van der Waals surface area contributed by atoms with E-state index in [-0.39, 0.29) is 13.0 Å². The summed E-state index contributed by atoms with van der Waals surface area (Å²) in [6.45, 7) is 1.65. The third kappa shape index (κ3) is 5.35. The summed E-state index contributed by atoms with van der Waals surface area (Å²) in [6.07, 6.45) is 1.33. The van der Waals surface area contributed by atoms with Gasteiger partial charge in [0.25, 0.3) is 5.56 Å². The zero-order valence-electron chi connectivity index (χ0n) is 10.2. The molecular formula is C10H15N2O6P. The van der Waals surface area contributed by atoms with Gasteiger partial charge in [0.2, 0.25) is 0 Å². The summed E-state index contributed by atoms with van der Waals surface area (Å²) in [4.78, 5) is 41.8. The Balaban J connectivity index is 2.70. The number of H-pyrrole nitrogens is 1. The Morgan fingerprint density at radius 2 is 2.11 bits per heavy atom. The quantitative estimate of drug-likeness (QED) is 0.529. The lowest BCUT2D eigenvalue weighted by Crippen LogP contribution is -2.31. The Kier molecular flexibility index (Phi) is 5.02. The number of aromatic amines is 1. The molecule has 9 heteroatoms. The van der Waals surface area contributed by atoms with Crippen molar-refractivity contribution in [3.63, 3.8) is 0 Å². The van der Waals surface area contributed by atoms with Gasteiger partial charge in [0, 0.05) is 24.1 Å². The number of nitrogens with one attached hydrogen (secondary N) is 1. The predicted molar refractivity (Wildman–Crippen MR) is 67.9 cm³/mol. The number of hydrogen-bond acceptors (Lipinski definition) is 4. The van der Waals surface area contributed by atoms with E-state index in [1.54, 1.807) is 6.92 Å². The largest absolute Gasteiger partial charge is 0.389 e. The molecule has 19 heavy (non-hydrogen) atoms. The SMILES string of the molecule is Cc1cn(CC[C@@H](O)/C=C/P(=O)(O)O)c(=O)[nH]c1=O. The van der Waals surface area contributed by atoms with Crippen LogP contribution in [0.1, 0.15) is 12.0 Å². The molecule has 0 spiro atoms. The average molecular weight is 290 g/mol. The van der Waals surface area contributed by atoms with E-state index in [1.165, 1.54) is 10.8 Å². The number of aryl methyl sites for hydroxylation is 2. The Morgan fingerprint density at radius 1 is 1.47 bits per heavy atom. The first kappa shape index (κ1) is 15.6. The van der Waals surface area contributed by atoms with E-state index < -0.39 is 24.9 Å². The fourth-order valence-corrected chi connectivity index (χ4v) is 1.79. The van der Waals surface area contributed by atoms with Crippen molar-refractivity contribution < 1.29 is 19.5 Å². The number of aliphatic hydroxyl groups excluding tert-OH is 1. The summed E-state index contributed by atoms with van der Waals surface area (Å²) in [5.74, 6) is 0.610. The normalized spacial score (nSPS) is 13.9. The van der Waals surface area contributed by atoms with Crippen LogP contribution in [-0.2, 0) is 11.1 Å². The van der Waals surface area contributed by atoms with Gasteiger partial charge in [0.1, 0.15) is 0 Å². The minimum atomic E-state index is -4.30. The highest BCUT2D eigenvalue weighted by Gasteiger charge is 2.09. The fraction of sp³-hybridized carbons (Fsp3) is 0.400. The molecule has 1 aromatic rings. The lowest BCUT2D eigenvalue weighted by atomic mass is 10.2. The van der Waals surface area contributed by atoms with E-state index in [9.17, 15) is 19.3 Å². The van der Waals surface area contributed by atoms with Crippen LogP contribution >= 0.6 is 7.60 Å². The number of aliphatic hydroxyl groups is 1. The molecule has 1 heterocycles. The highest BCUT2D eigenvalue weighted by atomic mass is 31.2. The van der Waals surface area contributed by atoms with Crippen LogP contribution in [0.4, 0.5) is 0 Å². The minimum Gasteiger partial charge on any atom is -0.389 e. The molecule has 0 aliphatic rings. The summed E-state index contributed by atoms with van der Waals surface area (Å²) in [6, 6.07) is 0. The van der Waals surface area contributed by atoms with Crippen LogP contribution in [0, 0.1) is 6.92 Å². The third-order valence-corrected chi connectivity index (χ3v) is 2.92. The second kappa shape index (κ2) is 6.12. The van der Waals surface area contributed by atoms with Gasteiger partial charge < -0.3 is 19.5 Å². The van der Waals surface area contributed by atoms with Crippen molar-refractivity contribution in [2.75, 3.05) is 0 Å². The van der Waals surface area contributed by atoms with Crippen molar-refractivity contribution in [1.29, 1.82) is 0 Å². The van der Waals surface area contributed by atoms with Crippen LogP contribution in [0.2, 0.25) is 0 Å². The van der Waals surface area contributed by atoms with Gasteiger partial charge in [0.15, 0.2) is 0 Å². The maximum atomic E-state index is 11.4. The lowest BCUT2D eigenvalue weighted by molar-refractivity contribution is 0.204. The molecule has 0 fully saturated rings. The summed E-state index contributed by atoms with van der Waals surface area (Å²) in [5.41, 5.74) is -0.704. The van der Waals surface area contributed by atoms with E-state index >= 15 is 0 Å². The molecule has 0 bridgehead atoms. The van der Waals surface area contributed by atoms with E-state index in [0.717, 1.165) is 6.08 Å². The van der Waals surface area contributed by atoms with E-state index in [2.05, 4.69) is 4.98 Å². The first-order valence-electron chi connectivity index (χ1n) is 5.42. The molecule has 0 radical (unpaired) electrons. The zero-order chi connectivity index (χ0) is 14.6. The van der Waals surface area contributed by atoms with E-state index in [4.69, 9.17) is 9.79 Å². The Hall–Kier alpha value is -1.47. The van der Waals surface area contributed by atoms with Gasteiger partial charge in [0.05, 0.1) is 6.10 Å². The highest BCUT2D eigenvalue weighted by Crippen LogP contribution is 2.36. The molecule has 0 aliphatic carbocycles. The standard InChI is InChI=1S/C10H15N2O6P/c1-7-6-12(10(15)11-9(7)14)4-2-8(13)3-5-19(16,17)18/h3,5-6,8,13H,2,4H2,1H3,(H,11,14,15)(H2,16,17,18)/b5-3+/t8-/m1/s1. The molecule has 4 N–H and O–H groups in total. The Bertz CT molecular complexity index is 626. The fourth-order valence-electron chi connectivity index (χ4n) is 1.36. The number of nitrogens with zero attached hydrogens (tertiary/aromatic N) is 1. The second-order valence-electron chi connectivity index (χ2n) is 4.05. The van der Waals surface area contributed by atoms with Crippen molar-refractivity contribution in [2.24, 2.45) is 0 Å². The lowest BCUT2D eigenvalue weighted by Gasteiger charge is -2.08. The van der Waals surface area contributed by atoms with Crippen LogP contribution < -0.4 is 11.2 Å². The molecule has 106 valence electrons. The molecule has 0 saturated heterocycles. The van der Waals surface area contributed by atoms with Crippen LogP contribution in [0.5, 0.6) is 0 Å². The number of rotatable bonds is 5. The first-order chi connectivity index (χ1) is 8.69. The van der Waals surface area contributed by atoms with Crippen LogP contribution in [0.25, 0.3) is 0 Å². The molecule has 0 aliphatic heterocycles. The van der Waals surface area contributed by atoms with Gasteiger partial charge in [-0.05, 0) is 19.4 Å². The van der Waals surface area contributed by atoms with Crippen LogP contribution in [-0.4, -0.2) is 30.5 Å². The highest BCUT2D eigenvalue weighted by molar-refractivity contribution is 7.55. The van der Waals surface area contributed by atoms with Gasteiger partial charge in [-0.15, -0.1) is 0 Å². The second-order valence-corrected chi connectivity index (χ2v) is 5.53. The smallest absolute Gasteiger partial charge is 0.348 e. The van der Waals surface area contributed by atoms with Crippen LogP contribution in [0.3, 0.4) is 0 Å². The van der Waals surface area contributed by atoms with Gasteiger partial charge in [-0.3, -0.25) is 14.3 Å². The average Bonchev–Trinajstić information content (AvgIpc) is 2.28. The van der Waals surface area contributed by atoms with Crippen molar-refractivity contribution in [3.05, 3.63) is 44.5 Å². The Labute approximate surface area is 108 Å². The zero-order valence-corrected chi connectivity index (χ0v) is 11.1. The molecule has 0 aromatic carbocycles. The molecule has 0 unspecified atom stereocenters. The summed E-state index contributed by atoms with van der Waals surface area (Å²) in [7, 11) is -4.30. The van der Waals surface area contributed by atoms with Crippen molar-refractivity contribution in [2.45, 2.75) is 26.0 Å². The van der Waals surface area contributed by atoms with Gasteiger partial charge in [-0.25, -0.2) is 4.79 Å². The number of hydrogen-bond donors (Lipinski definition) is 4. The summed E-state index contributed by atoms with van der Waals surface area (Å²) < 4.78 is 11.8. The summed E-state index contributed by atoms with van der Waals surface area (Å²) >= 11 is 0. The molecule has 1 aromatic heterocycles. The Morgan fingerprint density at radius 3 is 2.68 bits per heavy atom. The molecular weight excluding hydrogens is 275 g/mol. The minimum absolute atomic E-state index is 0.0852. The van der Waals surface area contributed by atoms with E-state index in [0.29, 0.717) is 11.4 Å². The van der Waals surface area contributed by atoms with Crippen LogP contribution in [0.15, 0.2) is 27.7 Å². The monoisotopic (exact) mass is 290 g/mol.